The molecule has 4 N–H and O–H groups in total. The van der Waals surface area contributed by atoms with Crippen LogP contribution in [-0.4, -0.2) is 6.54 Å². The molecular formula is C9H13ClF2N2. The third-order valence-electron chi connectivity index (χ3n) is 1.85. The topological polar surface area (TPSA) is 52.0 Å². The lowest BCUT2D eigenvalue weighted by Crippen LogP contribution is -2.18. The van der Waals surface area contributed by atoms with Crippen molar-refractivity contribution in [3.8, 4) is 0 Å². The first-order valence-electron chi connectivity index (χ1n) is 4.06. The molecule has 0 saturated heterocycles. The lowest BCUT2D eigenvalue weighted by Gasteiger charge is -2.12. The van der Waals surface area contributed by atoms with E-state index in [1.54, 1.807) is 0 Å². The smallest absolute Gasteiger partial charge is 0.130 e. The Labute approximate surface area is 87.7 Å². The Kier molecular flexibility index (Phi) is 5.60. The number of halogens is 3. The van der Waals surface area contributed by atoms with E-state index in [1.165, 1.54) is 18.2 Å². The highest BCUT2D eigenvalue weighted by atomic mass is 35.5. The van der Waals surface area contributed by atoms with Crippen molar-refractivity contribution in [1.29, 1.82) is 0 Å². The summed E-state index contributed by atoms with van der Waals surface area (Å²) < 4.78 is 26.1. The summed E-state index contributed by atoms with van der Waals surface area (Å²) in [5.74, 6) is -1.22. The summed E-state index contributed by atoms with van der Waals surface area (Å²) in [5.41, 5.74) is 10.7. The molecule has 1 aromatic rings. The van der Waals surface area contributed by atoms with E-state index in [1.807, 2.05) is 0 Å². The zero-order chi connectivity index (χ0) is 9.84. The van der Waals surface area contributed by atoms with Crippen LogP contribution in [0.3, 0.4) is 0 Å². The molecule has 5 heteroatoms. The summed E-state index contributed by atoms with van der Waals surface area (Å²) in [6.07, 6.45) is 0.373. The number of hydrogen-bond acceptors (Lipinski definition) is 2. The minimum atomic E-state index is -0.661. The van der Waals surface area contributed by atoms with Crippen LogP contribution >= 0.6 is 12.4 Å². The lowest BCUT2D eigenvalue weighted by atomic mass is 10.0. The van der Waals surface area contributed by atoms with E-state index in [2.05, 4.69) is 0 Å². The van der Waals surface area contributed by atoms with E-state index >= 15 is 0 Å². The van der Waals surface area contributed by atoms with Crippen molar-refractivity contribution in [2.75, 3.05) is 6.54 Å². The van der Waals surface area contributed by atoms with Gasteiger partial charge in [-0.15, -0.1) is 12.4 Å². The van der Waals surface area contributed by atoms with Gasteiger partial charge in [-0.25, -0.2) is 8.78 Å². The molecular weight excluding hydrogens is 210 g/mol. The predicted molar refractivity (Wildman–Crippen MR) is 54.2 cm³/mol. The van der Waals surface area contributed by atoms with Gasteiger partial charge in [0, 0.05) is 11.6 Å². The fraction of sp³-hybridized carbons (Fsp3) is 0.333. The monoisotopic (exact) mass is 222 g/mol. The maximum Gasteiger partial charge on any atom is 0.130 e. The van der Waals surface area contributed by atoms with Crippen LogP contribution in [0.25, 0.3) is 0 Å². The summed E-state index contributed by atoms with van der Waals surface area (Å²) in [4.78, 5) is 0. The molecule has 0 saturated carbocycles. The van der Waals surface area contributed by atoms with Crippen LogP contribution in [0.2, 0.25) is 0 Å². The van der Waals surface area contributed by atoms with Gasteiger partial charge in [0.2, 0.25) is 0 Å². The third kappa shape index (κ3) is 2.90. The second-order valence-corrected chi connectivity index (χ2v) is 2.82. The van der Waals surface area contributed by atoms with Crippen molar-refractivity contribution in [2.24, 2.45) is 11.5 Å². The molecule has 0 aromatic heterocycles. The minimum Gasteiger partial charge on any atom is -0.330 e. The molecule has 80 valence electrons. The quantitative estimate of drug-likeness (QED) is 0.819. The average molecular weight is 223 g/mol. The maximum absolute atomic E-state index is 13.1. The summed E-state index contributed by atoms with van der Waals surface area (Å²) in [5, 5.41) is 0. The van der Waals surface area contributed by atoms with Gasteiger partial charge in [-0.05, 0) is 25.1 Å². The number of benzene rings is 1. The van der Waals surface area contributed by atoms with Gasteiger partial charge in [0.05, 0.1) is 0 Å². The van der Waals surface area contributed by atoms with Crippen LogP contribution in [0.15, 0.2) is 18.2 Å². The first-order chi connectivity index (χ1) is 6.16. The summed E-state index contributed by atoms with van der Waals surface area (Å²) >= 11 is 0. The van der Waals surface area contributed by atoms with Crippen molar-refractivity contribution >= 4 is 12.4 Å². The van der Waals surface area contributed by atoms with Gasteiger partial charge < -0.3 is 11.5 Å². The van der Waals surface area contributed by atoms with Gasteiger partial charge in [-0.3, -0.25) is 0 Å². The highest BCUT2D eigenvalue weighted by Gasteiger charge is 2.14. The van der Waals surface area contributed by atoms with E-state index < -0.39 is 17.7 Å². The molecule has 0 bridgehead atoms. The van der Waals surface area contributed by atoms with E-state index in [9.17, 15) is 8.78 Å². The van der Waals surface area contributed by atoms with Crippen molar-refractivity contribution in [1.82, 2.24) is 0 Å². The molecule has 2 nitrogen and oxygen atoms in total. The summed E-state index contributed by atoms with van der Waals surface area (Å²) in [7, 11) is 0. The third-order valence-corrected chi connectivity index (χ3v) is 1.85. The normalized spacial score (nSPS) is 12.0. The minimum absolute atomic E-state index is 0. The van der Waals surface area contributed by atoms with E-state index in [-0.39, 0.29) is 18.0 Å². The fourth-order valence-electron chi connectivity index (χ4n) is 1.19. The van der Waals surface area contributed by atoms with Crippen LogP contribution in [-0.2, 0) is 0 Å². The Hall–Kier alpha value is -0.710. The summed E-state index contributed by atoms with van der Waals surface area (Å²) in [6, 6.07) is 3.03. The number of hydrogen-bond donors (Lipinski definition) is 2. The molecule has 0 fully saturated rings. The van der Waals surface area contributed by atoms with Gasteiger partial charge in [-0.1, -0.05) is 6.07 Å². The van der Waals surface area contributed by atoms with Gasteiger partial charge >= 0.3 is 0 Å². The zero-order valence-electron chi connectivity index (χ0n) is 7.54. The molecule has 1 aromatic carbocycles. The van der Waals surface area contributed by atoms with Crippen molar-refractivity contribution in [2.45, 2.75) is 12.5 Å². The second-order valence-electron chi connectivity index (χ2n) is 2.82. The first-order valence-corrected chi connectivity index (χ1v) is 4.06. The zero-order valence-corrected chi connectivity index (χ0v) is 8.36. The van der Waals surface area contributed by atoms with Crippen LogP contribution in [0.5, 0.6) is 0 Å². The Morgan fingerprint density at radius 2 is 1.71 bits per heavy atom. The Morgan fingerprint density at radius 3 is 2.14 bits per heavy atom. The van der Waals surface area contributed by atoms with E-state index in [4.69, 9.17) is 11.5 Å². The molecule has 0 unspecified atom stereocenters. The Balaban J connectivity index is 0.00000169. The molecule has 0 aliphatic heterocycles. The molecule has 1 atom stereocenters. The van der Waals surface area contributed by atoms with Crippen LogP contribution in [0.4, 0.5) is 8.78 Å². The molecule has 0 aliphatic rings. The average Bonchev–Trinajstić information content (AvgIpc) is 2.04. The maximum atomic E-state index is 13.1. The first kappa shape index (κ1) is 13.3. The van der Waals surface area contributed by atoms with E-state index in [0.717, 1.165) is 0 Å². The molecule has 0 radical (unpaired) electrons. The molecule has 0 aliphatic carbocycles. The van der Waals surface area contributed by atoms with Crippen LogP contribution in [0.1, 0.15) is 18.0 Å². The van der Waals surface area contributed by atoms with Gasteiger partial charge in [0.15, 0.2) is 0 Å². The van der Waals surface area contributed by atoms with Crippen molar-refractivity contribution < 1.29 is 8.78 Å². The lowest BCUT2D eigenvalue weighted by molar-refractivity contribution is 0.515. The fourth-order valence-corrected chi connectivity index (χ4v) is 1.19. The molecule has 0 amide bonds. The number of rotatable bonds is 3. The highest BCUT2D eigenvalue weighted by Crippen LogP contribution is 2.20. The van der Waals surface area contributed by atoms with Crippen molar-refractivity contribution in [3.63, 3.8) is 0 Å². The Morgan fingerprint density at radius 1 is 1.21 bits per heavy atom. The van der Waals surface area contributed by atoms with Crippen molar-refractivity contribution in [3.05, 3.63) is 35.4 Å². The van der Waals surface area contributed by atoms with Gasteiger partial charge in [0.1, 0.15) is 11.6 Å². The SMILES string of the molecule is Cl.NCC[C@H](N)c1c(F)cccc1F. The van der Waals surface area contributed by atoms with Gasteiger partial charge in [0.25, 0.3) is 0 Å². The number of nitrogens with two attached hydrogens (primary N) is 2. The highest BCUT2D eigenvalue weighted by molar-refractivity contribution is 5.85. The Bertz CT molecular complexity index is 274. The standard InChI is InChI=1S/C9H12F2N2.ClH/c10-6-2-1-3-7(11)9(6)8(13)4-5-12;/h1-3,8H,4-5,12-13H2;1H/t8-;/m0./s1. The van der Waals surface area contributed by atoms with Crippen LogP contribution in [0, 0.1) is 11.6 Å². The molecule has 0 heterocycles. The molecule has 0 spiro atoms. The second kappa shape index (κ2) is 5.90. The predicted octanol–water partition coefficient (Wildman–Crippen LogP) is 1.74. The molecule has 1 rings (SSSR count). The van der Waals surface area contributed by atoms with Crippen LogP contribution < -0.4 is 11.5 Å². The van der Waals surface area contributed by atoms with Gasteiger partial charge in [-0.2, -0.15) is 0 Å². The largest absolute Gasteiger partial charge is 0.330 e. The van der Waals surface area contributed by atoms with E-state index in [0.29, 0.717) is 13.0 Å². The molecule has 14 heavy (non-hydrogen) atoms. The summed E-state index contributed by atoms with van der Waals surface area (Å²) in [6.45, 7) is 0.314.